The molecular weight excluding hydrogens is 296 g/mol. The SMILES string of the molecule is CC(CNc1ncc(C(=O)O)cc1[N+](=O)[O-])c1nccs1. The monoisotopic (exact) mass is 308 g/mol. The molecule has 2 heterocycles. The zero-order chi connectivity index (χ0) is 15.4. The van der Waals surface area contributed by atoms with Crippen molar-refractivity contribution in [2.75, 3.05) is 11.9 Å². The average molecular weight is 308 g/mol. The summed E-state index contributed by atoms with van der Waals surface area (Å²) in [7, 11) is 0. The summed E-state index contributed by atoms with van der Waals surface area (Å²) in [6.45, 7) is 2.34. The minimum Gasteiger partial charge on any atom is -0.478 e. The van der Waals surface area contributed by atoms with E-state index in [0.717, 1.165) is 17.3 Å². The van der Waals surface area contributed by atoms with Gasteiger partial charge in [0.1, 0.15) is 0 Å². The van der Waals surface area contributed by atoms with Gasteiger partial charge in [-0.05, 0) is 0 Å². The van der Waals surface area contributed by atoms with E-state index in [2.05, 4.69) is 15.3 Å². The molecule has 110 valence electrons. The van der Waals surface area contributed by atoms with Gasteiger partial charge in [0.2, 0.25) is 5.82 Å². The van der Waals surface area contributed by atoms with Crippen molar-refractivity contribution in [3.63, 3.8) is 0 Å². The van der Waals surface area contributed by atoms with Gasteiger partial charge in [-0.25, -0.2) is 14.8 Å². The number of thiazole rings is 1. The van der Waals surface area contributed by atoms with Gasteiger partial charge >= 0.3 is 11.7 Å². The predicted octanol–water partition coefficient (Wildman–Crippen LogP) is 2.36. The van der Waals surface area contributed by atoms with E-state index < -0.39 is 10.9 Å². The minimum absolute atomic E-state index is 0.0495. The van der Waals surface area contributed by atoms with Gasteiger partial charge in [0.25, 0.3) is 0 Å². The van der Waals surface area contributed by atoms with E-state index in [1.165, 1.54) is 11.3 Å². The molecule has 2 aromatic heterocycles. The highest BCUT2D eigenvalue weighted by Crippen LogP contribution is 2.24. The lowest BCUT2D eigenvalue weighted by atomic mass is 10.2. The van der Waals surface area contributed by atoms with Crippen LogP contribution in [0.5, 0.6) is 0 Å². The Balaban J connectivity index is 2.16. The minimum atomic E-state index is -1.26. The predicted molar refractivity (Wildman–Crippen MR) is 76.9 cm³/mol. The number of rotatable bonds is 6. The van der Waals surface area contributed by atoms with E-state index in [1.54, 1.807) is 6.20 Å². The van der Waals surface area contributed by atoms with Crippen molar-refractivity contribution >= 4 is 28.8 Å². The first-order valence-corrected chi connectivity index (χ1v) is 6.88. The third-order valence-corrected chi connectivity index (χ3v) is 3.77. The number of hydrogen-bond acceptors (Lipinski definition) is 7. The normalized spacial score (nSPS) is 11.9. The van der Waals surface area contributed by atoms with E-state index in [9.17, 15) is 14.9 Å². The Hall–Kier alpha value is -2.55. The van der Waals surface area contributed by atoms with Gasteiger partial charge in [-0.3, -0.25) is 10.1 Å². The fourth-order valence-corrected chi connectivity index (χ4v) is 2.36. The van der Waals surface area contributed by atoms with Crippen LogP contribution in [0, 0.1) is 10.1 Å². The van der Waals surface area contributed by atoms with Crippen molar-refractivity contribution in [2.45, 2.75) is 12.8 Å². The lowest BCUT2D eigenvalue weighted by molar-refractivity contribution is -0.384. The van der Waals surface area contributed by atoms with Gasteiger partial charge in [0.05, 0.1) is 15.5 Å². The second-order valence-corrected chi connectivity index (χ2v) is 5.23. The lowest BCUT2D eigenvalue weighted by Gasteiger charge is -2.10. The van der Waals surface area contributed by atoms with Crippen LogP contribution in [0.2, 0.25) is 0 Å². The van der Waals surface area contributed by atoms with Crippen molar-refractivity contribution in [1.29, 1.82) is 0 Å². The van der Waals surface area contributed by atoms with E-state index >= 15 is 0 Å². The van der Waals surface area contributed by atoms with E-state index in [-0.39, 0.29) is 23.0 Å². The van der Waals surface area contributed by atoms with E-state index in [0.29, 0.717) is 6.54 Å². The summed E-state index contributed by atoms with van der Waals surface area (Å²) in [5, 5.41) is 25.5. The van der Waals surface area contributed by atoms with Crippen molar-refractivity contribution in [3.05, 3.63) is 44.5 Å². The number of carbonyl (C=O) groups is 1. The van der Waals surface area contributed by atoms with Crippen LogP contribution in [-0.2, 0) is 0 Å². The molecule has 0 fully saturated rings. The number of pyridine rings is 1. The second-order valence-electron chi connectivity index (χ2n) is 4.31. The highest BCUT2D eigenvalue weighted by atomic mass is 32.1. The molecule has 2 rings (SSSR count). The van der Waals surface area contributed by atoms with Gasteiger partial charge < -0.3 is 10.4 Å². The van der Waals surface area contributed by atoms with E-state index in [4.69, 9.17) is 5.11 Å². The van der Waals surface area contributed by atoms with Crippen LogP contribution in [0.3, 0.4) is 0 Å². The molecule has 2 N–H and O–H groups in total. The zero-order valence-corrected chi connectivity index (χ0v) is 11.8. The number of carboxylic acid groups (broad SMARTS) is 1. The highest BCUT2D eigenvalue weighted by molar-refractivity contribution is 7.09. The molecule has 1 unspecified atom stereocenters. The first kappa shape index (κ1) is 14.9. The van der Waals surface area contributed by atoms with Gasteiger partial charge in [-0.15, -0.1) is 11.3 Å². The third kappa shape index (κ3) is 3.51. The van der Waals surface area contributed by atoms with Crippen LogP contribution >= 0.6 is 11.3 Å². The molecule has 0 spiro atoms. The van der Waals surface area contributed by atoms with Crippen LogP contribution in [-0.4, -0.2) is 32.5 Å². The Labute approximate surface area is 123 Å². The summed E-state index contributed by atoms with van der Waals surface area (Å²) in [5.41, 5.74) is -0.582. The summed E-state index contributed by atoms with van der Waals surface area (Å²) in [5.74, 6) is -1.15. The standard InChI is InChI=1S/C12H12N4O4S/c1-7(11-13-2-3-21-11)5-14-10-9(16(19)20)4-8(6-15-10)12(17)18/h2-4,6-7H,5H2,1H3,(H,14,15)(H,17,18). The molecule has 0 saturated carbocycles. The Morgan fingerprint density at radius 3 is 2.90 bits per heavy atom. The molecule has 0 radical (unpaired) electrons. The van der Waals surface area contributed by atoms with Gasteiger partial charge in [-0.2, -0.15) is 0 Å². The fraction of sp³-hybridized carbons (Fsp3) is 0.250. The van der Waals surface area contributed by atoms with Crippen molar-refractivity contribution in [2.24, 2.45) is 0 Å². The number of carboxylic acids is 1. The molecular formula is C12H12N4O4S. The largest absolute Gasteiger partial charge is 0.478 e. The van der Waals surface area contributed by atoms with E-state index in [1.807, 2.05) is 12.3 Å². The number of hydrogen-bond donors (Lipinski definition) is 2. The molecule has 2 aromatic rings. The van der Waals surface area contributed by atoms with Gasteiger partial charge in [-0.1, -0.05) is 6.92 Å². The topological polar surface area (TPSA) is 118 Å². The van der Waals surface area contributed by atoms with Gasteiger partial charge in [0, 0.05) is 36.3 Å². The number of aromatic carboxylic acids is 1. The molecule has 0 saturated heterocycles. The molecule has 0 bridgehead atoms. The first-order valence-electron chi connectivity index (χ1n) is 6.00. The molecule has 0 aliphatic heterocycles. The average Bonchev–Trinajstić information content (AvgIpc) is 2.98. The maximum atomic E-state index is 11.0. The Morgan fingerprint density at radius 1 is 1.57 bits per heavy atom. The summed E-state index contributed by atoms with van der Waals surface area (Å²) < 4.78 is 0. The number of nitrogens with one attached hydrogen (secondary N) is 1. The smallest absolute Gasteiger partial charge is 0.337 e. The van der Waals surface area contributed by atoms with Crippen molar-refractivity contribution < 1.29 is 14.8 Å². The Bertz CT molecular complexity index is 659. The van der Waals surface area contributed by atoms with Gasteiger partial charge in [0.15, 0.2) is 0 Å². The number of anilines is 1. The molecule has 9 heteroatoms. The maximum Gasteiger partial charge on any atom is 0.337 e. The fourth-order valence-electron chi connectivity index (χ4n) is 1.66. The van der Waals surface area contributed by atoms with Crippen molar-refractivity contribution in [1.82, 2.24) is 9.97 Å². The van der Waals surface area contributed by atoms with Crippen LogP contribution in [0.1, 0.15) is 28.2 Å². The summed E-state index contributed by atoms with van der Waals surface area (Å²) >= 11 is 1.50. The van der Waals surface area contributed by atoms with Crippen LogP contribution < -0.4 is 5.32 Å². The van der Waals surface area contributed by atoms with Crippen LogP contribution in [0.25, 0.3) is 0 Å². The summed E-state index contributed by atoms with van der Waals surface area (Å²) in [4.78, 5) is 29.1. The summed E-state index contributed by atoms with van der Waals surface area (Å²) in [6, 6.07) is 0.992. The zero-order valence-electron chi connectivity index (χ0n) is 11.0. The molecule has 21 heavy (non-hydrogen) atoms. The number of nitro groups is 1. The number of nitrogens with zero attached hydrogens (tertiary/aromatic N) is 3. The van der Waals surface area contributed by atoms with Crippen molar-refractivity contribution in [3.8, 4) is 0 Å². The number of aromatic nitrogens is 2. The Morgan fingerprint density at radius 2 is 2.33 bits per heavy atom. The highest BCUT2D eigenvalue weighted by Gasteiger charge is 2.19. The molecule has 8 nitrogen and oxygen atoms in total. The Kier molecular flexibility index (Phi) is 4.43. The van der Waals surface area contributed by atoms with Crippen LogP contribution in [0.15, 0.2) is 23.8 Å². The molecule has 0 aliphatic rings. The first-order chi connectivity index (χ1) is 9.99. The maximum absolute atomic E-state index is 11.0. The quantitative estimate of drug-likeness (QED) is 0.621. The molecule has 0 aromatic carbocycles. The summed E-state index contributed by atoms with van der Waals surface area (Å²) in [6.07, 6.45) is 2.78. The molecule has 1 atom stereocenters. The molecule has 0 amide bonds. The molecule has 0 aliphatic carbocycles. The third-order valence-electron chi connectivity index (χ3n) is 2.76. The second kappa shape index (κ2) is 6.27. The van der Waals surface area contributed by atoms with Crippen LogP contribution in [0.4, 0.5) is 11.5 Å². The lowest BCUT2D eigenvalue weighted by Crippen LogP contribution is -2.12.